The Morgan fingerprint density at radius 3 is 2.56 bits per heavy atom. The zero-order valence-corrected chi connectivity index (χ0v) is 15.9. The Balaban J connectivity index is 1.82. The van der Waals surface area contributed by atoms with Crippen LogP contribution in [0.4, 0.5) is 5.82 Å². The maximum absolute atomic E-state index is 5.67. The third-order valence-electron chi connectivity index (χ3n) is 3.94. The molecule has 130 valence electrons. The van der Waals surface area contributed by atoms with E-state index in [0.717, 1.165) is 33.1 Å². The Labute approximate surface area is 151 Å². The molecule has 0 aliphatic heterocycles. The van der Waals surface area contributed by atoms with Crippen molar-refractivity contribution in [2.75, 3.05) is 5.43 Å². The first-order valence-corrected chi connectivity index (χ1v) is 9.05. The molecule has 0 saturated heterocycles. The minimum Gasteiger partial charge on any atom is -0.491 e. The molecule has 0 amide bonds. The van der Waals surface area contributed by atoms with E-state index in [4.69, 9.17) is 4.74 Å². The highest BCUT2D eigenvalue weighted by Gasteiger charge is 2.11. The summed E-state index contributed by atoms with van der Waals surface area (Å²) in [5.74, 6) is 1.60. The molecule has 3 rings (SSSR count). The van der Waals surface area contributed by atoms with Crippen LogP contribution >= 0.6 is 11.3 Å². The van der Waals surface area contributed by atoms with Gasteiger partial charge in [0.25, 0.3) is 0 Å². The zero-order chi connectivity index (χ0) is 18.0. The van der Waals surface area contributed by atoms with E-state index >= 15 is 0 Å². The fourth-order valence-electron chi connectivity index (χ4n) is 2.52. The number of hydrogen-bond acceptors (Lipinski definition) is 6. The summed E-state index contributed by atoms with van der Waals surface area (Å²) in [7, 11) is 0. The summed E-state index contributed by atoms with van der Waals surface area (Å²) in [6.45, 7) is 10.2. The normalized spacial score (nSPS) is 12.0. The molecule has 1 N–H and O–H groups in total. The van der Waals surface area contributed by atoms with Crippen LogP contribution in [-0.2, 0) is 0 Å². The molecule has 0 spiro atoms. The van der Waals surface area contributed by atoms with Crippen molar-refractivity contribution in [1.29, 1.82) is 0 Å². The van der Waals surface area contributed by atoms with Gasteiger partial charge in [-0.2, -0.15) is 5.10 Å². The molecule has 6 heteroatoms. The summed E-state index contributed by atoms with van der Waals surface area (Å²) in [5.41, 5.74) is 6.22. The van der Waals surface area contributed by atoms with Crippen molar-refractivity contribution in [2.24, 2.45) is 5.10 Å². The molecule has 0 bridgehead atoms. The molecule has 3 aromatic rings. The van der Waals surface area contributed by atoms with Gasteiger partial charge in [0.15, 0.2) is 5.82 Å². The average Bonchev–Trinajstić information content (AvgIpc) is 2.88. The van der Waals surface area contributed by atoms with Crippen molar-refractivity contribution in [1.82, 2.24) is 9.97 Å². The van der Waals surface area contributed by atoms with Gasteiger partial charge in [0.1, 0.15) is 16.9 Å². The standard InChI is InChI=1S/C19H22N4OS/c1-11(2)24-16-8-6-15(7-9-16)13(4)22-23-18-17-12(3)14(5)25-19(17)21-10-20-18/h6-11H,1-5H3,(H,20,21,23)/b22-13-. The van der Waals surface area contributed by atoms with E-state index in [-0.39, 0.29) is 6.10 Å². The van der Waals surface area contributed by atoms with Crippen LogP contribution in [0.25, 0.3) is 10.2 Å². The van der Waals surface area contributed by atoms with Crippen LogP contribution in [0, 0.1) is 13.8 Å². The van der Waals surface area contributed by atoms with Crippen LogP contribution < -0.4 is 10.2 Å². The predicted octanol–water partition coefficient (Wildman–Crippen LogP) is 4.93. The van der Waals surface area contributed by atoms with Crippen molar-refractivity contribution >= 4 is 33.1 Å². The predicted molar refractivity (Wildman–Crippen MR) is 105 cm³/mol. The largest absolute Gasteiger partial charge is 0.491 e. The lowest BCUT2D eigenvalue weighted by Gasteiger charge is -2.10. The van der Waals surface area contributed by atoms with E-state index in [1.54, 1.807) is 17.7 Å². The number of aromatic nitrogens is 2. The van der Waals surface area contributed by atoms with Gasteiger partial charge in [-0.15, -0.1) is 11.3 Å². The molecule has 0 aliphatic rings. The molecular weight excluding hydrogens is 332 g/mol. The maximum atomic E-state index is 5.67. The number of nitrogens with one attached hydrogen (secondary N) is 1. The van der Waals surface area contributed by atoms with Crippen LogP contribution in [0.2, 0.25) is 0 Å². The lowest BCUT2D eigenvalue weighted by molar-refractivity contribution is 0.242. The first kappa shape index (κ1) is 17.4. The Morgan fingerprint density at radius 2 is 1.88 bits per heavy atom. The van der Waals surface area contributed by atoms with Gasteiger partial charge in [0.05, 0.1) is 17.2 Å². The molecule has 0 saturated carbocycles. The number of nitrogens with zero attached hydrogens (tertiary/aromatic N) is 3. The number of thiophene rings is 1. The van der Waals surface area contributed by atoms with Crippen molar-refractivity contribution in [2.45, 2.75) is 40.7 Å². The van der Waals surface area contributed by atoms with Gasteiger partial charge >= 0.3 is 0 Å². The van der Waals surface area contributed by atoms with Crippen molar-refractivity contribution in [3.05, 3.63) is 46.6 Å². The highest BCUT2D eigenvalue weighted by molar-refractivity contribution is 7.18. The van der Waals surface area contributed by atoms with E-state index < -0.39 is 0 Å². The van der Waals surface area contributed by atoms with Crippen molar-refractivity contribution < 1.29 is 4.74 Å². The molecule has 0 atom stereocenters. The van der Waals surface area contributed by atoms with E-state index in [2.05, 4.69) is 34.3 Å². The third-order valence-corrected chi connectivity index (χ3v) is 5.05. The van der Waals surface area contributed by atoms with E-state index in [0.29, 0.717) is 0 Å². The Morgan fingerprint density at radius 1 is 1.16 bits per heavy atom. The van der Waals surface area contributed by atoms with Gasteiger partial charge in [-0.05, 0) is 70.0 Å². The van der Waals surface area contributed by atoms with E-state index in [1.165, 1.54) is 10.4 Å². The topological polar surface area (TPSA) is 59.4 Å². The third kappa shape index (κ3) is 3.79. The Kier molecular flexibility index (Phi) is 4.99. The van der Waals surface area contributed by atoms with Crippen LogP contribution in [-0.4, -0.2) is 21.8 Å². The molecule has 5 nitrogen and oxygen atoms in total. The molecule has 0 unspecified atom stereocenters. The molecule has 2 aromatic heterocycles. The molecule has 0 fully saturated rings. The smallest absolute Gasteiger partial charge is 0.158 e. The average molecular weight is 354 g/mol. The molecule has 0 radical (unpaired) electrons. The number of fused-ring (bicyclic) bond motifs is 1. The number of anilines is 1. The summed E-state index contributed by atoms with van der Waals surface area (Å²) < 4.78 is 5.67. The first-order valence-electron chi connectivity index (χ1n) is 8.23. The summed E-state index contributed by atoms with van der Waals surface area (Å²) in [5, 5.41) is 5.54. The van der Waals surface area contributed by atoms with Gasteiger partial charge in [0, 0.05) is 4.88 Å². The lowest BCUT2D eigenvalue weighted by Crippen LogP contribution is -2.06. The zero-order valence-electron chi connectivity index (χ0n) is 15.1. The monoisotopic (exact) mass is 354 g/mol. The van der Waals surface area contributed by atoms with E-state index in [1.807, 2.05) is 45.0 Å². The van der Waals surface area contributed by atoms with Gasteiger partial charge in [-0.1, -0.05) is 0 Å². The summed E-state index contributed by atoms with van der Waals surface area (Å²) in [6, 6.07) is 7.94. The molecule has 1 aromatic carbocycles. The van der Waals surface area contributed by atoms with Crippen LogP contribution in [0.3, 0.4) is 0 Å². The summed E-state index contributed by atoms with van der Waals surface area (Å²) in [6.07, 6.45) is 1.74. The first-order chi connectivity index (χ1) is 12.0. The summed E-state index contributed by atoms with van der Waals surface area (Å²) >= 11 is 1.68. The Hall–Kier alpha value is -2.47. The van der Waals surface area contributed by atoms with Crippen molar-refractivity contribution in [3.63, 3.8) is 0 Å². The van der Waals surface area contributed by atoms with Gasteiger partial charge < -0.3 is 4.74 Å². The van der Waals surface area contributed by atoms with Crippen molar-refractivity contribution in [3.8, 4) is 5.75 Å². The van der Waals surface area contributed by atoms with Crippen LogP contribution in [0.1, 0.15) is 36.8 Å². The summed E-state index contributed by atoms with van der Waals surface area (Å²) in [4.78, 5) is 10.9. The highest BCUT2D eigenvalue weighted by atomic mass is 32.1. The van der Waals surface area contributed by atoms with Crippen LogP contribution in [0.5, 0.6) is 5.75 Å². The minimum atomic E-state index is 0.166. The molecular formula is C19H22N4OS. The minimum absolute atomic E-state index is 0.166. The maximum Gasteiger partial charge on any atom is 0.158 e. The lowest BCUT2D eigenvalue weighted by atomic mass is 10.1. The second-order valence-electron chi connectivity index (χ2n) is 6.19. The SMILES string of the molecule is C/C(=N/Nc1ncnc2sc(C)c(C)c12)c1ccc(OC(C)C)cc1. The number of rotatable bonds is 5. The van der Waals surface area contributed by atoms with Gasteiger partial charge in [0.2, 0.25) is 0 Å². The molecule has 0 aliphatic carbocycles. The fraction of sp³-hybridized carbons (Fsp3) is 0.316. The molecule has 2 heterocycles. The number of hydrogen-bond donors (Lipinski definition) is 1. The highest BCUT2D eigenvalue weighted by Crippen LogP contribution is 2.32. The number of aryl methyl sites for hydroxylation is 2. The Bertz CT molecular complexity index is 913. The van der Waals surface area contributed by atoms with Gasteiger partial charge in [-0.25, -0.2) is 9.97 Å². The quantitative estimate of drug-likeness (QED) is 0.521. The second kappa shape index (κ2) is 7.19. The number of hydrazone groups is 1. The number of ether oxygens (including phenoxy) is 1. The number of benzene rings is 1. The fourth-order valence-corrected chi connectivity index (χ4v) is 3.51. The van der Waals surface area contributed by atoms with E-state index in [9.17, 15) is 0 Å². The van der Waals surface area contributed by atoms with Gasteiger partial charge in [-0.3, -0.25) is 5.43 Å². The molecule has 25 heavy (non-hydrogen) atoms. The van der Waals surface area contributed by atoms with Crippen LogP contribution in [0.15, 0.2) is 35.7 Å². The second-order valence-corrected chi connectivity index (χ2v) is 7.39.